The van der Waals surface area contributed by atoms with Crippen LogP contribution in [0, 0.1) is 11.3 Å². The molecular formula is C19H19N. The normalized spacial score (nSPS) is 14.8. The first-order valence-corrected chi connectivity index (χ1v) is 7.14. The zero-order valence-electron chi connectivity index (χ0n) is 12.5. The van der Waals surface area contributed by atoms with Crippen molar-refractivity contribution in [1.29, 1.82) is 5.26 Å². The minimum absolute atomic E-state index is 0.0254. The van der Waals surface area contributed by atoms with Crippen molar-refractivity contribution in [2.45, 2.75) is 39.0 Å². The second-order valence-electron chi connectivity index (χ2n) is 6.46. The van der Waals surface area contributed by atoms with Gasteiger partial charge in [-0.2, -0.15) is 5.26 Å². The number of benzene rings is 2. The lowest BCUT2D eigenvalue weighted by Crippen LogP contribution is -2.15. The highest BCUT2D eigenvalue weighted by molar-refractivity contribution is 5.81. The molecule has 2 aromatic rings. The van der Waals surface area contributed by atoms with Gasteiger partial charge in [-0.3, -0.25) is 0 Å². The highest BCUT2D eigenvalue weighted by Gasteiger charge is 2.35. The standard InChI is InChI=1S/C19H19N/c1-12(2)14-6-8-16-15-7-5-13(11-20)9-17(15)19(3,4)18(16)10-14/h5-10,12H,1-4H3. The van der Waals surface area contributed by atoms with Crippen molar-refractivity contribution in [2.75, 3.05) is 0 Å². The monoisotopic (exact) mass is 261 g/mol. The molecule has 1 nitrogen and oxygen atoms in total. The van der Waals surface area contributed by atoms with Crippen LogP contribution >= 0.6 is 0 Å². The van der Waals surface area contributed by atoms with Crippen LogP contribution in [-0.2, 0) is 5.41 Å². The predicted molar refractivity (Wildman–Crippen MR) is 82.8 cm³/mol. The van der Waals surface area contributed by atoms with E-state index in [4.69, 9.17) is 5.26 Å². The highest BCUT2D eigenvalue weighted by atomic mass is 14.4. The molecule has 0 heterocycles. The highest BCUT2D eigenvalue weighted by Crippen LogP contribution is 2.49. The fourth-order valence-electron chi connectivity index (χ4n) is 3.18. The maximum absolute atomic E-state index is 9.12. The fraction of sp³-hybridized carbons (Fsp3) is 0.316. The van der Waals surface area contributed by atoms with Crippen LogP contribution in [0.25, 0.3) is 11.1 Å². The molecule has 0 atom stereocenters. The van der Waals surface area contributed by atoms with Gasteiger partial charge >= 0.3 is 0 Å². The van der Waals surface area contributed by atoms with E-state index < -0.39 is 0 Å². The molecule has 1 heteroatoms. The number of nitrogens with zero attached hydrogens (tertiary/aromatic N) is 1. The van der Waals surface area contributed by atoms with Gasteiger partial charge in [-0.1, -0.05) is 52.0 Å². The van der Waals surface area contributed by atoms with Crippen molar-refractivity contribution in [1.82, 2.24) is 0 Å². The first-order chi connectivity index (χ1) is 9.45. The number of rotatable bonds is 1. The van der Waals surface area contributed by atoms with E-state index in [0.717, 1.165) is 5.56 Å². The predicted octanol–water partition coefficient (Wildman–Crippen LogP) is 4.99. The Hall–Kier alpha value is -2.07. The molecule has 0 aliphatic heterocycles. The Balaban J connectivity index is 2.27. The van der Waals surface area contributed by atoms with Crippen molar-refractivity contribution < 1.29 is 0 Å². The summed E-state index contributed by atoms with van der Waals surface area (Å²) >= 11 is 0. The molecule has 0 bridgehead atoms. The lowest BCUT2D eigenvalue weighted by atomic mass is 9.81. The summed E-state index contributed by atoms with van der Waals surface area (Å²) in [6.45, 7) is 8.96. The average molecular weight is 261 g/mol. The number of nitriles is 1. The molecule has 0 saturated carbocycles. The van der Waals surface area contributed by atoms with Gasteiger partial charge in [0.05, 0.1) is 11.6 Å². The molecule has 0 amide bonds. The molecule has 0 unspecified atom stereocenters. The van der Waals surface area contributed by atoms with E-state index >= 15 is 0 Å². The Morgan fingerprint density at radius 2 is 1.55 bits per heavy atom. The molecule has 3 rings (SSSR count). The SMILES string of the molecule is CC(C)c1ccc2c(c1)C(C)(C)c1cc(C#N)ccc1-2. The minimum atomic E-state index is -0.0254. The molecule has 1 aliphatic rings. The van der Waals surface area contributed by atoms with E-state index in [1.54, 1.807) is 0 Å². The Morgan fingerprint density at radius 1 is 0.950 bits per heavy atom. The summed E-state index contributed by atoms with van der Waals surface area (Å²) < 4.78 is 0. The number of fused-ring (bicyclic) bond motifs is 3. The zero-order valence-corrected chi connectivity index (χ0v) is 12.5. The van der Waals surface area contributed by atoms with E-state index in [1.807, 2.05) is 12.1 Å². The molecule has 20 heavy (non-hydrogen) atoms. The van der Waals surface area contributed by atoms with Gasteiger partial charge in [0.2, 0.25) is 0 Å². The van der Waals surface area contributed by atoms with Gasteiger partial charge in [-0.25, -0.2) is 0 Å². The summed E-state index contributed by atoms with van der Waals surface area (Å²) in [6, 6.07) is 15.1. The van der Waals surface area contributed by atoms with Gasteiger partial charge in [-0.05, 0) is 45.9 Å². The first-order valence-electron chi connectivity index (χ1n) is 7.14. The van der Waals surface area contributed by atoms with Crippen molar-refractivity contribution >= 4 is 0 Å². The molecule has 0 radical (unpaired) electrons. The Morgan fingerprint density at radius 3 is 2.15 bits per heavy atom. The van der Waals surface area contributed by atoms with Gasteiger partial charge in [0.1, 0.15) is 0 Å². The minimum Gasteiger partial charge on any atom is -0.192 e. The van der Waals surface area contributed by atoms with Crippen LogP contribution < -0.4 is 0 Å². The smallest absolute Gasteiger partial charge is 0.0991 e. The van der Waals surface area contributed by atoms with Gasteiger partial charge in [-0.15, -0.1) is 0 Å². The first kappa shape index (κ1) is 12.9. The Bertz CT molecular complexity index is 730. The van der Waals surface area contributed by atoms with Gasteiger partial charge in [0, 0.05) is 5.41 Å². The molecule has 0 N–H and O–H groups in total. The maximum atomic E-state index is 9.12. The van der Waals surface area contributed by atoms with Crippen molar-refractivity contribution in [2.24, 2.45) is 0 Å². The van der Waals surface area contributed by atoms with E-state index in [1.165, 1.54) is 27.8 Å². The van der Waals surface area contributed by atoms with E-state index in [0.29, 0.717) is 5.92 Å². The largest absolute Gasteiger partial charge is 0.192 e. The molecule has 1 aliphatic carbocycles. The number of hydrogen-bond acceptors (Lipinski definition) is 1. The summed E-state index contributed by atoms with van der Waals surface area (Å²) in [4.78, 5) is 0. The third-order valence-electron chi connectivity index (χ3n) is 4.50. The molecule has 0 fully saturated rings. The molecular weight excluding hydrogens is 242 g/mol. The summed E-state index contributed by atoms with van der Waals surface area (Å²) in [7, 11) is 0. The maximum Gasteiger partial charge on any atom is 0.0991 e. The fourth-order valence-corrected chi connectivity index (χ4v) is 3.18. The average Bonchev–Trinajstić information content (AvgIpc) is 2.67. The second kappa shape index (κ2) is 4.21. The lowest BCUT2D eigenvalue weighted by Gasteiger charge is -2.22. The molecule has 2 aromatic carbocycles. The third kappa shape index (κ3) is 1.68. The molecule has 0 spiro atoms. The van der Waals surface area contributed by atoms with Crippen molar-refractivity contribution in [3.8, 4) is 17.2 Å². The van der Waals surface area contributed by atoms with Crippen LogP contribution in [0.1, 0.15) is 55.9 Å². The van der Waals surface area contributed by atoms with Crippen LogP contribution in [0.3, 0.4) is 0 Å². The molecule has 0 aromatic heterocycles. The van der Waals surface area contributed by atoms with Gasteiger partial charge in [0.15, 0.2) is 0 Å². The number of hydrogen-bond donors (Lipinski definition) is 0. The van der Waals surface area contributed by atoms with Crippen LogP contribution in [0.5, 0.6) is 0 Å². The summed E-state index contributed by atoms with van der Waals surface area (Å²) in [6.07, 6.45) is 0. The van der Waals surface area contributed by atoms with E-state index in [2.05, 4.69) is 58.0 Å². The van der Waals surface area contributed by atoms with Gasteiger partial charge < -0.3 is 0 Å². The zero-order chi connectivity index (χ0) is 14.5. The van der Waals surface area contributed by atoms with E-state index in [-0.39, 0.29) is 5.41 Å². The van der Waals surface area contributed by atoms with E-state index in [9.17, 15) is 0 Å². The van der Waals surface area contributed by atoms with Crippen molar-refractivity contribution in [3.05, 3.63) is 58.7 Å². The van der Waals surface area contributed by atoms with Crippen LogP contribution in [0.15, 0.2) is 36.4 Å². The topological polar surface area (TPSA) is 23.8 Å². The third-order valence-corrected chi connectivity index (χ3v) is 4.50. The van der Waals surface area contributed by atoms with Crippen LogP contribution in [-0.4, -0.2) is 0 Å². The molecule has 0 saturated heterocycles. The quantitative estimate of drug-likeness (QED) is 0.709. The van der Waals surface area contributed by atoms with Crippen molar-refractivity contribution in [3.63, 3.8) is 0 Å². The Labute approximate surface area is 120 Å². The van der Waals surface area contributed by atoms with Crippen LogP contribution in [0.4, 0.5) is 0 Å². The lowest BCUT2D eigenvalue weighted by molar-refractivity contribution is 0.657. The summed E-state index contributed by atoms with van der Waals surface area (Å²) in [5, 5.41) is 9.12. The molecule has 100 valence electrons. The van der Waals surface area contributed by atoms with Crippen LogP contribution in [0.2, 0.25) is 0 Å². The Kier molecular flexibility index (Phi) is 2.73. The summed E-state index contributed by atoms with van der Waals surface area (Å²) in [5.74, 6) is 0.537. The van der Waals surface area contributed by atoms with Gasteiger partial charge in [0.25, 0.3) is 0 Å². The second-order valence-corrected chi connectivity index (χ2v) is 6.46. The summed E-state index contributed by atoms with van der Waals surface area (Å²) in [5.41, 5.74) is 7.35.